The summed E-state index contributed by atoms with van der Waals surface area (Å²) >= 11 is 0. The molecule has 1 saturated heterocycles. The van der Waals surface area contributed by atoms with Crippen molar-refractivity contribution in [3.8, 4) is 0 Å². The Bertz CT molecular complexity index is 345. The standard InChI is InChI=1S/C10H13N3O/c11-10(14)9-4-1-3-8(13-9)7-5-2-6-12-7/h1,3-4,7,12H,2,5-6H2,(H2,11,14)/t7-/m1/s1. The lowest BCUT2D eigenvalue weighted by Gasteiger charge is -2.09. The van der Waals surface area contributed by atoms with E-state index in [4.69, 9.17) is 5.73 Å². The number of primary amides is 1. The average Bonchev–Trinajstić information content (AvgIpc) is 2.71. The topological polar surface area (TPSA) is 68.0 Å². The normalized spacial score (nSPS) is 21.0. The van der Waals surface area contributed by atoms with Gasteiger partial charge in [0.1, 0.15) is 5.69 Å². The highest BCUT2D eigenvalue weighted by atomic mass is 16.1. The van der Waals surface area contributed by atoms with Crippen LogP contribution in [0.3, 0.4) is 0 Å². The summed E-state index contributed by atoms with van der Waals surface area (Å²) in [6.07, 6.45) is 2.24. The fourth-order valence-corrected chi connectivity index (χ4v) is 1.72. The third-order valence-corrected chi connectivity index (χ3v) is 2.44. The van der Waals surface area contributed by atoms with Gasteiger partial charge in [0.15, 0.2) is 0 Å². The van der Waals surface area contributed by atoms with E-state index in [0.29, 0.717) is 5.69 Å². The van der Waals surface area contributed by atoms with Crippen molar-refractivity contribution < 1.29 is 4.79 Å². The molecule has 1 fully saturated rings. The van der Waals surface area contributed by atoms with Crippen molar-refractivity contribution in [2.75, 3.05) is 6.54 Å². The first-order chi connectivity index (χ1) is 6.77. The van der Waals surface area contributed by atoms with Gasteiger partial charge in [-0.3, -0.25) is 4.79 Å². The van der Waals surface area contributed by atoms with E-state index in [1.54, 1.807) is 6.07 Å². The van der Waals surface area contributed by atoms with Crippen molar-refractivity contribution >= 4 is 5.91 Å². The van der Waals surface area contributed by atoms with E-state index in [-0.39, 0.29) is 6.04 Å². The monoisotopic (exact) mass is 191 g/mol. The zero-order chi connectivity index (χ0) is 9.97. The SMILES string of the molecule is NC(=O)c1cccc([C@H]2CCCN2)n1. The summed E-state index contributed by atoms with van der Waals surface area (Å²) in [5.41, 5.74) is 6.42. The van der Waals surface area contributed by atoms with Crippen LogP contribution in [0.1, 0.15) is 35.1 Å². The summed E-state index contributed by atoms with van der Waals surface area (Å²) in [5, 5.41) is 3.32. The van der Waals surface area contributed by atoms with Crippen molar-refractivity contribution in [3.05, 3.63) is 29.6 Å². The number of rotatable bonds is 2. The molecule has 0 unspecified atom stereocenters. The van der Waals surface area contributed by atoms with E-state index >= 15 is 0 Å². The lowest BCUT2D eigenvalue weighted by molar-refractivity contribution is 0.0995. The van der Waals surface area contributed by atoms with Crippen LogP contribution in [0, 0.1) is 0 Å². The molecule has 0 aliphatic carbocycles. The van der Waals surface area contributed by atoms with Crippen molar-refractivity contribution in [2.45, 2.75) is 18.9 Å². The van der Waals surface area contributed by atoms with Crippen LogP contribution in [-0.2, 0) is 0 Å². The third kappa shape index (κ3) is 1.75. The number of amides is 1. The molecule has 1 amide bonds. The van der Waals surface area contributed by atoms with Gasteiger partial charge in [-0.2, -0.15) is 0 Å². The minimum Gasteiger partial charge on any atom is -0.364 e. The van der Waals surface area contributed by atoms with Gasteiger partial charge in [-0.05, 0) is 31.5 Å². The van der Waals surface area contributed by atoms with Crippen LogP contribution < -0.4 is 11.1 Å². The average molecular weight is 191 g/mol. The molecule has 0 saturated carbocycles. The van der Waals surface area contributed by atoms with Crippen molar-refractivity contribution in [1.29, 1.82) is 0 Å². The molecule has 4 heteroatoms. The summed E-state index contributed by atoms with van der Waals surface area (Å²) in [5.74, 6) is -0.468. The maximum Gasteiger partial charge on any atom is 0.267 e. The molecule has 1 aromatic heterocycles. The predicted molar refractivity (Wildman–Crippen MR) is 52.7 cm³/mol. The molecule has 0 radical (unpaired) electrons. The van der Waals surface area contributed by atoms with Gasteiger partial charge >= 0.3 is 0 Å². The van der Waals surface area contributed by atoms with E-state index < -0.39 is 5.91 Å². The fourth-order valence-electron chi connectivity index (χ4n) is 1.72. The highest BCUT2D eigenvalue weighted by molar-refractivity contribution is 5.90. The summed E-state index contributed by atoms with van der Waals surface area (Å²) < 4.78 is 0. The predicted octanol–water partition coefficient (Wildman–Crippen LogP) is 0.605. The Morgan fingerprint density at radius 3 is 3.07 bits per heavy atom. The molecule has 3 N–H and O–H groups in total. The van der Waals surface area contributed by atoms with Crippen LogP contribution in [-0.4, -0.2) is 17.4 Å². The second kappa shape index (κ2) is 3.75. The highest BCUT2D eigenvalue weighted by Crippen LogP contribution is 2.20. The van der Waals surface area contributed by atoms with Gasteiger partial charge < -0.3 is 11.1 Å². The molecular formula is C10H13N3O. The zero-order valence-electron chi connectivity index (χ0n) is 7.86. The Morgan fingerprint density at radius 1 is 1.57 bits per heavy atom. The van der Waals surface area contributed by atoms with Crippen molar-refractivity contribution in [3.63, 3.8) is 0 Å². The number of carbonyl (C=O) groups is 1. The Kier molecular flexibility index (Phi) is 2.45. The lowest BCUT2D eigenvalue weighted by Crippen LogP contribution is -2.18. The van der Waals surface area contributed by atoms with Crippen LogP contribution in [0.15, 0.2) is 18.2 Å². The summed E-state index contributed by atoms with van der Waals surface area (Å²) in [7, 11) is 0. The summed E-state index contributed by atoms with van der Waals surface area (Å²) in [6.45, 7) is 1.02. The van der Waals surface area contributed by atoms with Crippen molar-refractivity contribution in [2.24, 2.45) is 5.73 Å². The molecule has 14 heavy (non-hydrogen) atoms. The maximum absolute atomic E-state index is 10.9. The highest BCUT2D eigenvalue weighted by Gasteiger charge is 2.17. The molecule has 0 spiro atoms. The number of hydrogen-bond acceptors (Lipinski definition) is 3. The molecule has 1 aromatic rings. The first kappa shape index (κ1) is 9.15. The molecular weight excluding hydrogens is 178 g/mol. The number of pyridine rings is 1. The molecule has 4 nitrogen and oxygen atoms in total. The van der Waals surface area contributed by atoms with Crippen molar-refractivity contribution in [1.82, 2.24) is 10.3 Å². The van der Waals surface area contributed by atoms with Gasteiger partial charge in [-0.15, -0.1) is 0 Å². The molecule has 1 aliphatic heterocycles. The van der Waals surface area contributed by atoms with E-state index in [1.165, 1.54) is 0 Å². The lowest BCUT2D eigenvalue weighted by atomic mass is 10.1. The van der Waals surface area contributed by atoms with Crippen LogP contribution in [0.25, 0.3) is 0 Å². The second-order valence-electron chi connectivity index (χ2n) is 3.46. The van der Waals surface area contributed by atoms with Gasteiger partial charge in [0.25, 0.3) is 5.91 Å². The second-order valence-corrected chi connectivity index (χ2v) is 3.46. The van der Waals surface area contributed by atoms with E-state index in [0.717, 1.165) is 25.1 Å². The van der Waals surface area contributed by atoms with E-state index in [1.807, 2.05) is 12.1 Å². The van der Waals surface area contributed by atoms with Gasteiger partial charge in [-0.1, -0.05) is 6.07 Å². The van der Waals surface area contributed by atoms with Gasteiger partial charge in [0.05, 0.1) is 5.69 Å². The number of nitrogens with two attached hydrogens (primary N) is 1. The largest absolute Gasteiger partial charge is 0.364 e. The quantitative estimate of drug-likeness (QED) is 0.719. The van der Waals surface area contributed by atoms with Gasteiger partial charge in [0.2, 0.25) is 0 Å². The number of nitrogens with zero attached hydrogens (tertiary/aromatic N) is 1. The van der Waals surface area contributed by atoms with Crippen LogP contribution in [0.5, 0.6) is 0 Å². The fraction of sp³-hybridized carbons (Fsp3) is 0.400. The number of carbonyl (C=O) groups excluding carboxylic acids is 1. The Hall–Kier alpha value is -1.42. The van der Waals surface area contributed by atoms with Crippen LogP contribution in [0.4, 0.5) is 0 Å². The Morgan fingerprint density at radius 2 is 2.43 bits per heavy atom. The minimum atomic E-state index is -0.468. The van der Waals surface area contributed by atoms with E-state index in [2.05, 4.69) is 10.3 Å². The Labute approximate surface area is 82.5 Å². The first-order valence-corrected chi connectivity index (χ1v) is 4.77. The summed E-state index contributed by atoms with van der Waals surface area (Å²) in [4.78, 5) is 15.1. The molecule has 0 bridgehead atoms. The van der Waals surface area contributed by atoms with Crippen LogP contribution in [0.2, 0.25) is 0 Å². The Balaban J connectivity index is 2.25. The first-order valence-electron chi connectivity index (χ1n) is 4.77. The molecule has 2 heterocycles. The van der Waals surface area contributed by atoms with Gasteiger partial charge in [-0.25, -0.2) is 4.98 Å². The number of aromatic nitrogens is 1. The third-order valence-electron chi connectivity index (χ3n) is 2.44. The zero-order valence-corrected chi connectivity index (χ0v) is 7.86. The number of hydrogen-bond donors (Lipinski definition) is 2. The summed E-state index contributed by atoms with van der Waals surface area (Å²) in [6, 6.07) is 5.67. The molecule has 2 rings (SSSR count). The minimum absolute atomic E-state index is 0.286. The van der Waals surface area contributed by atoms with Gasteiger partial charge in [0, 0.05) is 6.04 Å². The molecule has 0 aromatic carbocycles. The van der Waals surface area contributed by atoms with E-state index in [9.17, 15) is 4.79 Å². The molecule has 1 atom stereocenters. The van der Waals surface area contributed by atoms with Crippen LogP contribution >= 0.6 is 0 Å². The molecule has 74 valence electrons. The smallest absolute Gasteiger partial charge is 0.267 e. The number of nitrogens with one attached hydrogen (secondary N) is 1. The maximum atomic E-state index is 10.9. The molecule has 1 aliphatic rings.